The first kappa shape index (κ1) is 14.8. The molecule has 0 saturated heterocycles. The molecule has 2 atom stereocenters. The summed E-state index contributed by atoms with van der Waals surface area (Å²) in [6, 6.07) is 16.0. The summed E-state index contributed by atoms with van der Waals surface area (Å²) < 4.78 is 0. The van der Waals surface area contributed by atoms with Crippen LogP contribution in [0.2, 0.25) is 5.02 Å². The molecule has 0 fully saturated rings. The molecule has 23 heavy (non-hydrogen) atoms. The Balaban J connectivity index is 1.83. The molecule has 2 aliphatic rings. The van der Waals surface area contributed by atoms with Crippen LogP contribution in [0.3, 0.4) is 0 Å². The summed E-state index contributed by atoms with van der Waals surface area (Å²) in [6.45, 7) is 1.57. The van der Waals surface area contributed by atoms with Crippen molar-refractivity contribution in [2.24, 2.45) is 11.0 Å². The van der Waals surface area contributed by atoms with Gasteiger partial charge in [0.25, 0.3) is 0 Å². The van der Waals surface area contributed by atoms with Crippen LogP contribution in [0.25, 0.3) is 0 Å². The van der Waals surface area contributed by atoms with Crippen LogP contribution >= 0.6 is 23.4 Å². The lowest BCUT2D eigenvalue weighted by Crippen LogP contribution is -2.31. The van der Waals surface area contributed by atoms with E-state index in [9.17, 15) is 4.79 Å². The molecule has 4 rings (SSSR count). The minimum atomic E-state index is -0.0386. The first-order valence-electron chi connectivity index (χ1n) is 7.51. The zero-order chi connectivity index (χ0) is 16.0. The van der Waals surface area contributed by atoms with Crippen molar-refractivity contribution < 1.29 is 4.79 Å². The second kappa shape index (κ2) is 5.69. The zero-order valence-electron chi connectivity index (χ0n) is 12.6. The maximum absolute atomic E-state index is 12.1. The third kappa shape index (κ3) is 2.46. The Morgan fingerprint density at radius 1 is 1.26 bits per heavy atom. The number of carbonyl (C=O) groups is 1. The maximum Gasteiger partial charge on any atom is 0.240 e. The standard InChI is InChI=1S/C18H15ClN2OS/c1-11(22)21-18(12-5-3-2-4-6-12)15-10-23-16-8-7-13(19)9-14(16)17(15)20-21/h2-9,15,18H,10H2,1H3/t15-,18-/m0/s1. The Morgan fingerprint density at radius 2 is 2.04 bits per heavy atom. The number of hydrogen-bond donors (Lipinski definition) is 0. The Hall–Kier alpha value is -1.78. The molecule has 0 aromatic heterocycles. The maximum atomic E-state index is 12.1. The highest BCUT2D eigenvalue weighted by Crippen LogP contribution is 2.45. The Bertz CT molecular complexity index is 806. The Kier molecular flexibility index (Phi) is 3.66. The van der Waals surface area contributed by atoms with Crippen LogP contribution in [0.1, 0.15) is 24.1 Å². The van der Waals surface area contributed by atoms with E-state index in [1.165, 1.54) is 4.90 Å². The largest absolute Gasteiger partial charge is 0.273 e. The highest BCUT2D eigenvalue weighted by atomic mass is 35.5. The third-order valence-corrected chi connectivity index (χ3v) is 5.74. The van der Waals surface area contributed by atoms with Crippen LogP contribution < -0.4 is 0 Å². The van der Waals surface area contributed by atoms with Crippen molar-refractivity contribution in [2.75, 3.05) is 5.75 Å². The van der Waals surface area contributed by atoms with Crippen molar-refractivity contribution in [1.29, 1.82) is 0 Å². The van der Waals surface area contributed by atoms with Gasteiger partial charge in [0.15, 0.2) is 0 Å². The highest BCUT2D eigenvalue weighted by Gasteiger charge is 2.43. The molecule has 0 bridgehead atoms. The summed E-state index contributed by atoms with van der Waals surface area (Å²) in [4.78, 5) is 13.3. The molecule has 0 spiro atoms. The number of rotatable bonds is 1. The van der Waals surface area contributed by atoms with Crippen LogP contribution in [0.5, 0.6) is 0 Å². The second-order valence-electron chi connectivity index (χ2n) is 5.76. The van der Waals surface area contributed by atoms with E-state index < -0.39 is 0 Å². The molecule has 0 N–H and O–H groups in total. The van der Waals surface area contributed by atoms with Crippen molar-refractivity contribution in [3.63, 3.8) is 0 Å². The molecule has 3 nitrogen and oxygen atoms in total. The van der Waals surface area contributed by atoms with Gasteiger partial charge in [0.05, 0.1) is 11.8 Å². The van der Waals surface area contributed by atoms with Crippen molar-refractivity contribution in [1.82, 2.24) is 5.01 Å². The summed E-state index contributed by atoms with van der Waals surface area (Å²) in [5, 5.41) is 7.01. The molecule has 1 amide bonds. The lowest BCUT2D eigenvalue weighted by atomic mass is 9.88. The van der Waals surface area contributed by atoms with Gasteiger partial charge in [0.2, 0.25) is 5.91 Å². The molecular formula is C18H15ClN2OS. The van der Waals surface area contributed by atoms with Gasteiger partial charge in [-0.3, -0.25) is 4.79 Å². The number of amides is 1. The molecule has 2 heterocycles. The number of hydrazone groups is 1. The molecule has 0 saturated carbocycles. The molecule has 116 valence electrons. The van der Waals surface area contributed by atoms with E-state index >= 15 is 0 Å². The SMILES string of the molecule is CC(=O)N1N=C2c3cc(Cl)ccc3SC[C@@H]2[C@@H]1c1ccccc1. The zero-order valence-corrected chi connectivity index (χ0v) is 14.1. The van der Waals surface area contributed by atoms with E-state index in [2.05, 4.69) is 17.2 Å². The van der Waals surface area contributed by atoms with Crippen LogP contribution in [-0.2, 0) is 4.79 Å². The molecule has 0 unspecified atom stereocenters. The quantitative estimate of drug-likeness (QED) is 0.771. The summed E-state index contributed by atoms with van der Waals surface area (Å²) in [5.41, 5.74) is 3.16. The van der Waals surface area contributed by atoms with Gasteiger partial charge >= 0.3 is 0 Å². The van der Waals surface area contributed by atoms with Gasteiger partial charge in [-0.1, -0.05) is 41.9 Å². The van der Waals surface area contributed by atoms with Crippen LogP contribution in [0, 0.1) is 5.92 Å². The van der Waals surface area contributed by atoms with Gasteiger partial charge in [0.1, 0.15) is 0 Å². The van der Waals surface area contributed by atoms with Crippen molar-refractivity contribution in [2.45, 2.75) is 17.9 Å². The smallest absolute Gasteiger partial charge is 0.240 e. The second-order valence-corrected chi connectivity index (χ2v) is 7.26. The van der Waals surface area contributed by atoms with Crippen LogP contribution in [0.4, 0.5) is 0 Å². The van der Waals surface area contributed by atoms with E-state index in [1.807, 2.05) is 48.2 Å². The van der Waals surface area contributed by atoms with E-state index in [0.29, 0.717) is 5.02 Å². The number of carbonyl (C=O) groups excluding carboxylic acids is 1. The summed E-state index contributed by atoms with van der Waals surface area (Å²) in [5.74, 6) is 1.07. The van der Waals surface area contributed by atoms with Gasteiger partial charge in [-0.25, -0.2) is 5.01 Å². The fraction of sp³-hybridized carbons (Fsp3) is 0.222. The number of nitrogens with zero attached hydrogens (tertiary/aromatic N) is 2. The number of fused-ring (bicyclic) bond motifs is 3. The highest BCUT2D eigenvalue weighted by molar-refractivity contribution is 7.99. The van der Waals surface area contributed by atoms with Crippen molar-refractivity contribution in [3.05, 3.63) is 64.7 Å². The summed E-state index contributed by atoms with van der Waals surface area (Å²) in [7, 11) is 0. The molecule has 0 aliphatic carbocycles. The van der Waals surface area contributed by atoms with E-state index in [1.54, 1.807) is 11.9 Å². The average molecular weight is 343 g/mol. The molecule has 5 heteroatoms. The normalized spacial score (nSPS) is 22.3. The number of benzene rings is 2. The summed E-state index contributed by atoms with van der Waals surface area (Å²) in [6.07, 6.45) is 0. The lowest BCUT2D eigenvalue weighted by molar-refractivity contribution is -0.131. The van der Waals surface area contributed by atoms with E-state index in [-0.39, 0.29) is 17.9 Å². The van der Waals surface area contributed by atoms with E-state index in [0.717, 1.165) is 22.6 Å². The van der Waals surface area contributed by atoms with Gasteiger partial charge in [0, 0.05) is 34.1 Å². The number of halogens is 1. The summed E-state index contributed by atoms with van der Waals surface area (Å²) >= 11 is 7.98. The van der Waals surface area contributed by atoms with Gasteiger partial charge in [-0.2, -0.15) is 5.10 Å². The first-order valence-corrected chi connectivity index (χ1v) is 8.87. The van der Waals surface area contributed by atoms with Crippen molar-refractivity contribution >= 4 is 35.0 Å². The predicted octanol–water partition coefficient (Wildman–Crippen LogP) is 4.37. The van der Waals surface area contributed by atoms with Crippen LogP contribution in [-0.4, -0.2) is 22.4 Å². The fourth-order valence-electron chi connectivity index (χ4n) is 3.29. The predicted molar refractivity (Wildman–Crippen MR) is 93.9 cm³/mol. The van der Waals surface area contributed by atoms with Gasteiger partial charge < -0.3 is 0 Å². The van der Waals surface area contributed by atoms with Crippen LogP contribution in [0.15, 0.2) is 58.5 Å². The Labute approximate surface area is 144 Å². The average Bonchev–Trinajstić information content (AvgIpc) is 2.96. The number of thioether (sulfide) groups is 1. The molecule has 2 aliphatic heterocycles. The lowest BCUT2D eigenvalue weighted by Gasteiger charge is -2.28. The molecular weight excluding hydrogens is 328 g/mol. The van der Waals surface area contributed by atoms with E-state index in [4.69, 9.17) is 11.6 Å². The monoisotopic (exact) mass is 342 g/mol. The fourth-order valence-corrected chi connectivity index (χ4v) is 4.65. The topological polar surface area (TPSA) is 32.7 Å². The molecule has 0 radical (unpaired) electrons. The molecule has 2 aromatic rings. The van der Waals surface area contributed by atoms with Gasteiger partial charge in [-0.05, 0) is 23.8 Å². The molecule has 2 aromatic carbocycles. The minimum Gasteiger partial charge on any atom is -0.273 e. The third-order valence-electron chi connectivity index (χ3n) is 4.31. The Morgan fingerprint density at radius 3 is 2.78 bits per heavy atom. The van der Waals surface area contributed by atoms with Crippen molar-refractivity contribution in [3.8, 4) is 0 Å². The first-order chi connectivity index (χ1) is 11.1. The van der Waals surface area contributed by atoms with Gasteiger partial charge in [-0.15, -0.1) is 11.8 Å². The minimum absolute atomic E-state index is 0.0330. The number of hydrogen-bond acceptors (Lipinski definition) is 3.